The first-order valence-corrected chi connectivity index (χ1v) is 7.42. The van der Waals surface area contributed by atoms with Crippen molar-refractivity contribution in [3.8, 4) is 11.5 Å². The van der Waals surface area contributed by atoms with Gasteiger partial charge in [0.1, 0.15) is 17.3 Å². The van der Waals surface area contributed by atoms with Crippen molar-refractivity contribution in [3.63, 3.8) is 0 Å². The van der Waals surface area contributed by atoms with Gasteiger partial charge >= 0.3 is 0 Å². The number of nitrogens with one attached hydrogen (secondary N) is 1. The molecule has 0 amide bonds. The van der Waals surface area contributed by atoms with Crippen LogP contribution in [0.25, 0.3) is 0 Å². The third-order valence-electron chi connectivity index (χ3n) is 3.09. The van der Waals surface area contributed by atoms with Gasteiger partial charge in [-0.15, -0.1) is 0 Å². The van der Waals surface area contributed by atoms with E-state index in [0.29, 0.717) is 16.5 Å². The molecule has 2 rings (SSSR count). The lowest BCUT2D eigenvalue weighted by Crippen LogP contribution is -2.17. The van der Waals surface area contributed by atoms with Crippen LogP contribution in [-0.4, -0.2) is 6.54 Å². The van der Waals surface area contributed by atoms with Crippen molar-refractivity contribution in [1.82, 2.24) is 5.32 Å². The molecule has 0 aliphatic rings. The van der Waals surface area contributed by atoms with Crippen LogP contribution in [-0.2, 0) is 0 Å². The molecule has 0 fully saturated rings. The molecular formula is C16H16Cl2FNO. The molecule has 1 unspecified atom stereocenters. The zero-order valence-corrected chi connectivity index (χ0v) is 13.3. The van der Waals surface area contributed by atoms with Crippen LogP contribution >= 0.6 is 23.2 Å². The highest BCUT2D eigenvalue weighted by Gasteiger charge is 2.10. The molecule has 0 aliphatic carbocycles. The zero-order chi connectivity index (χ0) is 15.4. The predicted molar refractivity (Wildman–Crippen MR) is 85.0 cm³/mol. The lowest BCUT2D eigenvalue weighted by atomic mass is 10.1. The summed E-state index contributed by atoms with van der Waals surface area (Å²) in [7, 11) is 0. The van der Waals surface area contributed by atoms with Crippen molar-refractivity contribution in [1.29, 1.82) is 0 Å². The highest BCUT2D eigenvalue weighted by atomic mass is 35.5. The highest BCUT2D eigenvalue weighted by molar-refractivity contribution is 6.32. The molecule has 2 nitrogen and oxygen atoms in total. The fourth-order valence-electron chi connectivity index (χ4n) is 1.96. The van der Waals surface area contributed by atoms with Crippen LogP contribution in [0.1, 0.15) is 25.5 Å². The quantitative estimate of drug-likeness (QED) is 0.772. The van der Waals surface area contributed by atoms with Gasteiger partial charge in [0.05, 0.1) is 10.0 Å². The molecule has 0 saturated heterocycles. The SMILES string of the molecule is CCNC(C)c1ccc(Oc2ccc(Cl)c(F)c2)c(Cl)c1. The van der Waals surface area contributed by atoms with E-state index in [9.17, 15) is 4.39 Å². The largest absolute Gasteiger partial charge is 0.456 e. The smallest absolute Gasteiger partial charge is 0.146 e. The Morgan fingerprint density at radius 3 is 2.52 bits per heavy atom. The van der Waals surface area contributed by atoms with Crippen LogP contribution in [0.3, 0.4) is 0 Å². The molecule has 0 aliphatic heterocycles. The summed E-state index contributed by atoms with van der Waals surface area (Å²) in [6.07, 6.45) is 0. The molecule has 0 saturated carbocycles. The van der Waals surface area contributed by atoms with E-state index in [-0.39, 0.29) is 11.1 Å². The molecule has 21 heavy (non-hydrogen) atoms. The number of hydrogen-bond acceptors (Lipinski definition) is 2. The van der Waals surface area contributed by atoms with Crippen LogP contribution in [0.5, 0.6) is 11.5 Å². The number of ether oxygens (including phenoxy) is 1. The van der Waals surface area contributed by atoms with Crippen molar-refractivity contribution in [2.45, 2.75) is 19.9 Å². The first-order chi connectivity index (χ1) is 10.0. The molecule has 5 heteroatoms. The molecular weight excluding hydrogens is 312 g/mol. The molecule has 0 spiro atoms. The van der Waals surface area contributed by atoms with E-state index in [1.807, 2.05) is 19.1 Å². The second-order valence-electron chi connectivity index (χ2n) is 4.65. The monoisotopic (exact) mass is 327 g/mol. The Morgan fingerprint density at radius 1 is 1.14 bits per heavy atom. The summed E-state index contributed by atoms with van der Waals surface area (Å²) in [6, 6.07) is 10.0. The molecule has 0 aromatic heterocycles. The Hall–Kier alpha value is -1.29. The fourth-order valence-corrected chi connectivity index (χ4v) is 2.31. The molecule has 2 aromatic carbocycles. The van der Waals surface area contributed by atoms with Gasteiger partial charge in [0, 0.05) is 12.1 Å². The van der Waals surface area contributed by atoms with E-state index >= 15 is 0 Å². The van der Waals surface area contributed by atoms with Crippen LogP contribution in [0.2, 0.25) is 10.0 Å². The maximum Gasteiger partial charge on any atom is 0.146 e. The van der Waals surface area contributed by atoms with Gasteiger partial charge in [0.2, 0.25) is 0 Å². The van der Waals surface area contributed by atoms with Gasteiger partial charge in [-0.05, 0) is 43.3 Å². The second-order valence-corrected chi connectivity index (χ2v) is 5.46. The highest BCUT2D eigenvalue weighted by Crippen LogP contribution is 2.32. The van der Waals surface area contributed by atoms with Gasteiger partial charge in [-0.1, -0.05) is 36.2 Å². The maximum atomic E-state index is 13.4. The first kappa shape index (κ1) is 16.1. The summed E-state index contributed by atoms with van der Waals surface area (Å²) in [6.45, 7) is 4.98. The minimum atomic E-state index is -0.525. The zero-order valence-electron chi connectivity index (χ0n) is 11.8. The van der Waals surface area contributed by atoms with E-state index in [1.165, 1.54) is 12.1 Å². The standard InChI is InChI=1S/C16H16Cl2FNO/c1-3-20-10(2)11-4-7-16(14(18)8-11)21-12-5-6-13(17)15(19)9-12/h4-10,20H,3H2,1-2H3. The Balaban J connectivity index is 2.19. The number of halogens is 3. The number of benzene rings is 2. The predicted octanol–water partition coefficient (Wildman–Crippen LogP) is 5.60. The van der Waals surface area contributed by atoms with E-state index in [2.05, 4.69) is 12.2 Å². The summed E-state index contributed by atoms with van der Waals surface area (Å²) in [4.78, 5) is 0. The molecule has 1 N–H and O–H groups in total. The van der Waals surface area contributed by atoms with E-state index in [0.717, 1.165) is 12.1 Å². The lowest BCUT2D eigenvalue weighted by molar-refractivity contribution is 0.476. The summed E-state index contributed by atoms with van der Waals surface area (Å²) in [5, 5.41) is 3.85. The van der Waals surface area contributed by atoms with Gasteiger partial charge in [-0.2, -0.15) is 0 Å². The van der Waals surface area contributed by atoms with Crippen LogP contribution in [0, 0.1) is 5.82 Å². The third kappa shape index (κ3) is 4.10. The van der Waals surface area contributed by atoms with Gasteiger partial charge in [-0.3, -0.25) is 0 Å². The molecule has 1 atom stereocenters. The van der Waals surface area contributed by atoms with Crippen LogP contribution in [0.4, 0.5) is 4.39 Å². The van der Waals surface area contributed by atoms with Gasteiger partial charge in [0.15, 0.2) is 0 Å². The average molecular weight is 328 g/mol. The maximum absolute atomic E-state index is 13.4. The molecule has 2 aromatic rings. The van der Waals surface area contributed by atoms with Gasteiger partial charge in [0.25, 0.3) is 0 Å². The Bertz CT molecular complexity index is 634. The number of hydrogen-bond donors (Lipinski definition) is 1. The Morgan fingerprint density at radius 2 is 1.90 bits per heavy atom. The molecule has 112 valence electrons. The Kier molecular flexibility index (Phi) is 5.45. The van der Waals surface area contributed by atoms with E-state index in [4.69, 9.17) is 27.9 Å². The van der Waals surface area contributed by atoms with E-state index in [1.54, 1.807) is 12.1 Å². The van der Waals surface area contributed by atoms with E-state index < -0.39 is 5.82 Å². The summed E-state index contributed by atoms with van der Waals surface area (Å²) < 4.78 is 19.0. The average Bonchev–Trinajstić information content (AvgIpc) is 2.45. The van der Waals surface area contributed by atoms with Gasteiger partial charge < -0.3 is 10.1 Å². The second kappa shape index (κ2) is 7.12. The van der Waals surface area contributed by atoms with Gasteiger partial charge in [-0.25, -0.2) is 4.39 Å². The lowest BCUT2D eigenvalue weighted by Gasteiger charge is -2.15. The molecule has 0 bridgehead atoms. The van der Waals surface area contributed by atoms with Crippen molar-refractivity contribution >= 4 is 23.2 Å². The first-order valence-electron chi connectivity index (χ1n) is 6.67. The van der Waals surface area contributed by atoms with Crippen molar-refractivity contribution in [2.24, 2.45) is 0 Å². The molecule has 0 radical (unpaired) electrons. The minimum absolute atomic E-state index is 0.0586. The van der Waals surface area contributed by atoms with Crippen molar-refractivity contribution < 1.29 is 9.13 Å². The number of rotatable bonds is 5. The minimum Gasteiger partial charge on any atom is -0.456 e. The van der Waals surface area contributed by atoms with Crippen molar-refractivity contribution in [3.05, 3.63) is 57.8 Å². The third-order valence-corrected chi connectivity index (χ3v) is 3.69. The normalized spacial score (nSPS) is 12.2. The summed E-state index contributed by atoms with van der Waals surface area (Å²) in [5.41, 5.74) is 1.07. The van der Waals surface area contributed by atoms with Crippen LogP contribution in [0.15, 0.2) is 36.4 Å². The fraction of sp³-hybridized carbons (Fsp3) is 0.250. The topological polar surface area (TPSA) is 21.3 Å². The summed E-state index contributed by atoms with van der Waals surface area (Å²) >= 11 is 11.9. The molecule has 0 heterocycles. The summed E-state index contributed by atoms with van der Waals surface area (Å²) in [5.74, 6) is 0.305. The Labute approximate surface area is 133 Å². The van der Waals surface area contributed by atoms with Crippen LogP contribution < -0.4 is 10.1 Å². The van der Waals surface area contributed by atoms with Crippen molar-refractivity contribution in [2.75, 3.05) is 6.54 Å².